The number of hydrogen-bond acceptors (Lipinski definition) is 4. The molecule has 0 radical (unpaired) electrons. The van der Waals surface area contributed by atoms with Crippen molar-refractivity contribution >= 4 is 48.3 Å². The van der Waals surface area contributed by atoms with Gasteiger partial charge in [-0.05, 0) is 13.8 Å². The number of carbonyl (C=O) groups is 1. The number of hydrogen-bond donors (Lipinski definition) is 0. The minimum absolute atomic E-state index is 0.142. The van der Waals surface area contributed by atoms with Gasteiger partial charge in [-0.3, -0.25) is 9.36 Å². The van der Waals surface area contributed by atoms with Crippen LogP contribution in [0.5, 0.6) is 0 Å². The van der Waals surface area contributed by atoms with Crippen molar-refractivity contribution in [2.75, 3.05) is 31.9 Å². The van der Waals surface area contributed by atoms with Crippen LogP contribution in [0.4, 0.5) is 0 Å². The van der Waals surface area contributed by atoms with E-state index in [4.69, 9.17) is 43.9 Å². The van der Waals surface area contributed by atoms with Gasteiger partial charge in [-0.1, -0.05) is 23.2 Å². The molecule has 5 nitrogen and oxygen atoms in total. The molecule has 19 heavy (non-hydrogen) atoms. The summed E-state index contributed by atoms with van der Waals surface area (Å²) in [5.41, 5.74) is 0. The topological polar surface area (TPSA) is 55.8 Å². The summed E-state index contributed by atoms with van der Waals surface area (Å²) in [4.78, 5) is 13.3. The predicted octanol–water partition coefficient (Wildman–Crippen LogP) is 3.08. The van der Waals surface area contributed by atoms with Gasteiger partial charge < -0.3 is 13.9 Å². The van der Waals surface area contributed by atoms with Crippen LogP contribution in [0, 0.1) is 5.92 Å². The van der Waals surface area contributed by atoms with Crippen molar-refractivity contribution in [3.8, 4) is 0 Å². The summed E-state index contributed by atoms with van der Waals surface area (Å²) in [5.74, 6) is -0.786. The minimum Gasteiger partial charge on any atom is -0.328 e. The highest BCUT2D eigenvalue weighted by Gasteiger charge is 2.53. The number of rotatable bonds is 7. The maximum absolute atomic E-state index is 12.4. The molecule has 1 unspecified atom stereocenters. The van der Waals surface area contributed by atoms with Gasteiger partial charge in [-0.15, -0.1) is 11.6 Å². The van der Waals surface area contributed by atoms with E-state index in [0.717, 1.165) is 0 Å². The van der Waals surface area contributed by atoms with Crippen LogP contribution in [0.1, 0.15) is 13.8 Å². The van der Waals surface area contributed by atoms with Crippen molar-refractivity contribution in [1.82, 2.24) is 4.90 Å². The molecule has 1 aliphatic rings. The van der Waals surface area contributed by atoms with Crippen LogP contribution in [0.25, 0.3) is 0 Å². The molecule has 1 fully saturated rings. The summed E-state index contributed by atoms with van der Waals surface area (Å²) >= 11 is 17.7. The largest absolute Gasteiger partial charge is 0.349 e. The molecule has 1 atom stereocenters. The zero-order chi connectivity index (χ0) is 14.7. The molecular weight excluding hydrogens is 335 g/mol. The third-order valence-corrected chi connectivity index (χ3v) is 6.01. The van der Waals surface area contributed by atoms with E-state index in [1.54, 1.807) is 13.8 Å². The Morgan fingerprint density at radius 1 is 1.37 bits per heavy atom. The third kappa shape index (κ3) is 3.99. The van der Waals surface area contributed by atoms with Gasteiger partial charge in [0.05, 0.1) is 13.2 Å². The lowest BCUT2D eigenvalue weighted by Gasteiger charge is -2.23. The second kappa shape index (κ2) is 6.97. The first-order valence-corrected chi connectivity index (χ1v) is 8.93. The Balaban J connectivity index is 2.82. The average molecular weight is 353 g/mol. The summed E-state index contributed by atoms with van der Waals surface area (Å²) in [5, 5.41) is 0. The van der Waals surface area contributed by atoms with E-state index in [-0.39, 0.29) is 31.9 Å². The number of nitrogens with zero attached hydrogens (tertiary/aromatic N) is 1. The smallest absolute Gasteiger partial charge is 0.328 e. The van der Waals surface area contributed by atoms with E-state index < -0.39 is 23.8 Å². The van der Waals surface area contributed by atoms with Crippen LogP contribution in [-0.2, 0) is 18.4 Å². The molecule has 0 aliphatic carbocycles. The van der Waals surface area contributed by atoms with Crippen molar-refractivity contribution in [3.05, 3.63) is 0 Å². The van der Waals surface area contributed by atoms with Crippen LogP contribution in [-0.4, -0.2) is 47.1 Å². The van der Waals surface area contributed by atoms with Crippen molar-refractivity contribution in [2.45, 2.75) is 18.2 Å². The van der Waals surface area contributed by atoms with Crippen LogP contribution < -0.4 is 0 Å². The van der Waals surface area contributed by atoms with E-state index >= 15 is 0 Å². The molecular formula is C10H17Cl3NO4P. The minimum atomic E-state index is -3.35. The van der Waals surface area contributed by atoms with Crippen LogP contribution in [0.3, 0.4) is 0 Å². The average Bonchev–Trinajstić information content (AvgIpc) is 2.53. The first-order valence-electron chi connectivity index (χ1n) is 5.92. The summed E-state index contributed by atoms with van der Waals surface area (Å²) < 4.78 is 21.1. The molecule has 0 bridgehead atoms. The van der Waals surface area contributed by atoms with Crippen molar-refractivity contribution in [2.24, 2.45) is 5.92 Å². The van der Waals surface area contributed by atoms with Gasteiger partial charge in [-0.2, -0.15) is 0 Å². The maximum Gasteiger partial charge on any atom is 0.349 e. The fourth-order valence-electron chi connectivity index (χ4n) is 1.84. The number of carbonyl (C=O) groups excluding carboxylic acids is 1. The zero-order valence-electron chi connectivity index (χ0n) is 10.8. The van der Waals surface area contributed by atoms with E-state index in [9.17, 15) is 9.36 Å². The van der Waals surface area contributed by atoms with E-state index in [1.807, 2.05) is 0 Å². The summed E-state index contributed by atoms with van der Waals surface area (Å²) in [6.07, 6.45) is -0.165. The van der Waals surface area contributed by atoms with Gasteiger partial charge in [0.15, 0.2) is 0 Å². The Morgan fingerprint density at radius 2 is 1.89 bits per heavy atom. The van der Waals surface area contributed by atoms with Gasteiger partial charge in [0.2, 0.25) is 4.33 Å². The van der Waals surface area contributed by atoms with Gasteiger partial charge in [-0.25, -0.2) is 0 Å². The maximum atomic E-state index is 12.4. The highest BCUT2D eigenvalue weighted by Crippen LogP contribution is 2.51. The van der Waals surface area contributed by atoms with Gasteiger partial charge in [0.25, 0.3) is 5.91 Å². The van der Waals surface area contributed by atoms with E-state index in [0.29, 0.717) is 0 Å². The molecule has 0 saturated carbocycles. The molecule has 1 saturated heterocycles. The standard InChI is InChI=1S/C10H17Cl3NO4P/c1-3-17-19(16,18-4-2)7-14-6-8(5-11)10(12,13)9(14)15/h8H,3-7H2,1-2H3. The van der Waals surface area contributed by atoms with Crippen molar-refractivity contribution in [1.29, 1.82) is 0 Å². The molecule has 1 rings (SSSR count). The second-order valence-corrected chi connectivity index (χ2v) is 7.81. The predicted molar refractivity (Wildman–Crippen MR) is 76.1 cm³/mol. The van der Waals surface area contributed by atoms with Crippen molar-refractivity contribution < 1.29 is 18.4 Å². The lowest BCUT2D eigenvalue weighted by Crippen LogP contribution is -2.34. The highest BCUT2D eigenvalue weighted by molar-refractivity contribution is 7.53. The molecule has 1 heterocycles. The van der Waals surface area contributed by atoms with Gasteiger partial charge >= 0.3 is 7.60 Å². The Morgan fingerprint density at radius 3 is 2.26 bits per heavy atom. The first kappa shape index (κ1) is 17.5. The zero-order valence-corrected chi connectivity index (χ0v) is 13.9. The quantitative estimate of drug-likeness (QED) is 0.522. The lowest BCUT2D eigenvalue weighted by molar-refractivity contribution is -0.127. The molecule has 0 aromatic heterocycles. The molecule has 1 aliphatic heterocycles. The number of halogens is 3. The second-order valence-electron chi connectivity index (χ2n) is 4.09. The lowest BCUT2D eigenvalue weighted by atomic mass is 10.1. The third-order valence-electron chi connectivity index (χ3n) is 2.71. The highest BCUT2D eigenvalue weighted by atomic mass is 35.5. The molecule has 0 aromatic rings. The number of amides is 1. The van der Waals surface area contributed by atoms with Crippen LogP contribution in [0.15, 0.2) is 0 Å². The Bertz CT molecular complexity index is 370. The number of alkyl halides is 3. The molecule has 0 aromatic carbocycles. The molecule has 1 amide bonds. The monoisotopic (exact) mass is 351 g/mol. The van der Waals surface area contributed by atoms with Crippen LogP contribution in [0.2, 0.25) is 0 Å². The molecule has 9 heteroatoms. The fourth-order valence-corrected chi connectivity index (χ4v) is 4.54. The van der Waals surface area contributed by atoms with Crippen LogP contribution >= 0.6 is 42.4 Å². The van der Waals surface area contributed by atoms with Crippen molar-refractivity contribution in [3.63, 3.8) is 0 Å². The molecule has 0 spiro atoms. The normalized spacial score (nSPS) is 23.1. The Kier molecular flexibility index (Phi) is 6.43. The Hall–Kier alpha value is 0.490. The summed E-state index contributed by atoms with van der Waals surface area (Å²) in [6.45, 7) is 4.09. The SMILES string of the molecule is CCOP(=O)(CN1CC(CCl)C(Cl)(Cl)C1=O)OCC. The molecule has 0 N–H and O–H groups in total. The Labute approximate surface area is 128 Å². The molecule has 112 valence electrons. The summed E-state index contributed by atoms with van der Waals surface area (Å²) in [6, 6.07) is 0. The first-order chi connectivity index (χ1) is 8.80. The summed E-state index contributed by atoms with van der Waals surface area (Å²) in [7, 11) is -3.35. The van der Waals surface area contributed by atoms with Gasteiger partial charge in [0.1, 0.15) is 6.29 Å². The van der Waals surface area contributed by atoms with Gasteiger partial charge in [0, 0.05) is 18.3 Å². The van der Waals surface area contributed by atoms with E-state index in [2.05, 4.69) is 0 Å². The van der Waals surface area contributed by atoms with E-state index in [1.165, 1.54) is 4.90 Å². The number of likely N-dealkylation sites (tertiary alicyclic amines) is 1. The fraction of sp³-hybridized carbons (Fsp3) is 0.900.